The van der Waals surface area contributed by atoms with Crippen LogP contribution in [0, 0.1) is 0 Å². The van der Waals surface area contributed by atoms with Crippen LogP contribution in [0.15, 0.2) is 48.3 Å². The van der Waals surface area contributed by atoms with E-state index in [0.717, 1.165) is 18.2 Å². The van der Waals surface area contributed by atoms with Gasteiger partial charge in [-0.05, 0) is 24.5 Å². The molecule has 1 aliphatic heterocycles. The van der Waals surface area contributed by atoms with Crippen molar-refractivity contribution in [2.45, 2.75) is 92.4 Å². The molecule has 0 amide bonds. The first-order valence-electron chi connectivity index (χ1n) is 11.7. The van der Waals surface area contributed by atoms with Crippen molar-refractivity contribution in [2.75, 3.05) is 6.61 Å². The van der Waals surface area contributed by atoms with Gasteiger partial charge in [-0.1, -0.05) is 73.3 Å². The summed E-state index contributed by atoms with van der Waals surface area (Å²) < 4.78 is 49.6. The van der Waals surface area contributed by atoms with Gasteiger partial charge in [0.05, 0.1) is 19.0 Å². The molecule has 9 heteroatoms. The largest absolute Gasteiger partial charge is 0.467 e. The number of allylic oxidation sites excluding steroid dienone is 4. The number of ether oxygens (including phenoxy) is 2. The second-order valence-electron chi connectivity index (χ2n) is 6.34. The molecule has 0 aromatic carbocycles. The van der Waals surface area contributed by atoms with E-state index in [1.165, 1.54) is 0 Å². The first-order chi connectivity index (χ1) is 16.2. The maximum absolute atomic E-state index is 12.8. The molecule has 1 aromatic rings. The van der Waals surface area contributed by atoms with Gasteiger partial charge in [0.15, 0.2) is 11.8 Å². The number of rotatable bonds is 6. The van der Waals surface area contributed by atoms with Crippen LogP contribution in [0.1, 0.15) is 67.5 Å². The molecular formula is C25H41F3N2O4. The Morgan fingerprint density at radius 1 is 1.15 bits per heavy atom. The number of nitrogens with zero attached hydrogens (tertiary/aromatic N) is 2. The van der Waals surface area contributed by atoms with E-state index in [0.29, 0.717) is 11.8 Å². The van der Waals surface area contributed by atoms with Gasteiger partial charge in [0.1, 0.15) is 18.3 Å². The second kappa shape index (κ2) is 18.1. The lowest BCUT2D eigenvalue weighted by Crippen LogP contribution is -2.56. The number of hydrogen-bond acceptors (Lipinski definition) is 6. The van der Waals surface area contributed by atoms with Crippen LogP contribution in [0.5, 0.6) is 5.88 Å². The molecule has 1 fully saturated rings. The molecule has 2 rings (SSSR count). The van der Waals surface area contributed by atoms with Crippen LogP contribution in [-0.4, -0.2) is 51.2 Å². The highest BCUT2D eigenvalue weighted by Crippen LogP contribution is 2.30. The monoisotopic (exact) mass is 490 g/mol. The normalized spacial score (nSPS) is 22.6. The first kappa shape index (κ1) is 33.9. The van der Waals surface area contributed by atoms with Crippen molar-refractivity contribution in [1.82, 2.24) is 9.97 Å². The minimum Gasteiger partial charge on any atom is -0.467 e. The van der Waals surface area contributed by atoms with Gasteiger partial charge in [-0.2, -0.15) is 13.2 Å². The van der Waals surface area contributed by atoms with Crippen molar-refractivity contribution in [1.29, 1.82) is 0 Å². The van der Waals surface area contributed by atoms with Gasteiger partial charge in [0, 0.05) is 0 Å². The number of alkyl halides is 3. The van der Waals surface area contributed by atoms with E-state index in [-0.39, 0.29) is 6.61 Å². The summed E-state index contributed by atoms with van der Waals surface area (Å²) in [5, 5.41) is 20.2. The molecule has 4 unspecified atom stereocenters. The van der Waals surface area contributed by atoms with Gasteiger partial charge in [-0.15, -0.1) is 0 Å². The highest BCUT2D eigenvalue weighted by Gasteiger charge is 2.42. The summed E-state index contributed by atoms with van der Waals surface area (Å²) in [5.41, 5.74) is 0.405. The number of halogens is 3. The summed E-state index contributed by atoms with van der Waals surface area (Å²) in [5.74, 6) is -0.426. The van der Waals surface area contributed by atoms with E-state index in [1.54, 1.807) is 19.1 Å². The summed E-state index contributed by atoms with van der Waals surface area (Å²) in [6.45, 7) is 19.3. The molecule has 0 saturated carbocycles. The van der Waals surface area contributed by atoms with Gasteiger partial charge in [0.25, 0.3) is 0 Å². The molecule has 1 saturated heterocycles. The van der Waals surface area contributed by atoms with Crippen molar-refractivity contribution < 1.29 is 32.9 Å². The standard InChI is InChI=1S/C19H23F3N2O4.3C2H6/c1-4-12(5-2)7-6-11(3)17-18(16(26)13(25)10-27-17)28-15-9-23-8-14(24-15)19(20,21)22;3*1-2/h4,6-9,13,16-18,25-26H,1,5,10H2,2-3H3;3*1-2H3/b11-6+,12-7+;;;. The molecule has 2 N–H and O–H groups in total. The fourth-order valence-corrected chi connectivity index (χ4v) is 2.66. The topological polar surface area (TPSA) is 84.7 Å². The SMILES string of the molecule is C=C/C(=C\C=C(/C)C1OCC(O)C(O)C1Oc1cncc(C(F)(F)F)n1)CC.CC.CC.CC. The van der Waals surface area contributed by atoms with Crippen LogP contribution in [0.25, 0.3) is 0 Å². The van der Waals surface area contributed by atoms with Crippen LogP contribution >= 0.6 is 0 Å². The Kier molecular flexibility index (Phi) is 18.1. The fourth-order valence-electron chi connectivity index (χ4n) is 2.66. The average Bonchev–Trinajstić information content (AvgIpc) is 2.86. The van der Waals surface area contributed by atoms with Crippen LogP contribution in [0.3, 0.4) is 0 Å². The number of aliphatic hydroxyl groups is 2. The minimum absolute atomic E-state index is 0.142. The quantitative estimate of drug-likeness (QED) is 0.482. The Bertz CT molecular complexity index is 752. The third-order valence-corrected chi connectivity index (χ3v) is 4.31. The molecular weight excluding hydrogens is 449 g/mol. The third kappa shape index (κ3) is 10.8. The average molecular weight is 491 g/mol. The van der Waals surface area contributed by atoms with Gasteiger partial charge in [0.2, 0.25) is 5.88 Å². The van der Waals surface area contributed by atoms with E-state index in [9.17, 15) is 23.4 Å². The molecule has 196 valence electrons. The zero-order valence-corrected chi connectivity index (χ0v) is 21.6. The molecule has 6 nitrogen and oxygen atoms in total. The Morgan fingerprint density at radius 3 is 2.24 bits per heavy atom. The summed E-state index contributed by atoms with van der Waals surface area (Å²) in [6, 6.07) is 0. The van der Waals surface area contributed by atoms with E-state index in [2.05, 4.69) is 16.5 Å². The number of aromatic nitrogens is 2. The lowest BCUT2D eigenvalue weighted by Gasteiger charge is -2.38. The maximum atomic E-state index is 12.8. The minimum atomic E-state index is -4.69. The Hall–Kier alpha value is -2.23. The van der Waals surface area contributed by atoms with Crippen molar-refractivity contribution >= 4 is 0 Å². The maximum Gasteiger partial charge on any atom is 0.435 e. The number of aliphatic hydroxyl groups excluding tert-OH is 2. The van der Waals surface area contributed by atoms with Crippen molar-refractivity contribution in [2.24, 2.45) is 0 Å². The van der Waals surface area contributed by atoms with Crippen LogP contribution < -0.4 is 4.74 Å². The van der Waals surface area contributed by atoms with Crippen molar-refractivity contribution in [3.63, 3.8) is 0 Å². The molecule has 0 aliphatic carbocycles. The van der Waals surface area contributed by atoms with E-state index >= 15 is 0 Å². The van der Waals surface area contributed by atoms with Gasteiger partial charge < -0.3 is 19.7 Å². The van der Waals surface area contributed by atoms with Gasteiger partial charge >= 0.3 is 6.18 Å². The second-order valence-corrected chi connectivity index (χ2v) is 6.34. The van der Waals surface area contributed by atoms with Crippen molar-refractivity contribution in [3.8, 4) is 5.88 Å². The third-order valence-electron chi connectivity index (χ3n) is 4.31. The summed E-state index contributed by atoms with van der Waals surface area (Å²) >= 11 is 0. The Morgan fingerprint density at radius 2 is 1.74 bits per heavy atom. The van der Waals surface area contributed by atoms with Gasteiger partial charge in [-0.3, -0.25) is 4.98 Å². The van der Waals surface area contributed by atoms with Crippen molar-refractivity contribution in [3.05, 3.63) is 54.0 Å². The Labute approximate surface area is 202 Å². The molecule has 0 spiro atoms. The molecule has 34 heavy (non-hydrogen) atoms. The molecule has 1 aliphatic rings. The predicted molar refractivity (Wildman–Crippen MR) is 130 cm³/mol. The highest BCUT2D eigenvalue weighted by molar-refractivity contribution is 5.26. The molecule has 1 aromatic heterocycles. The fraction of sp³-hybridized carbons (Fsp3) is 0.600. The summed E-state index contributed by atoms with van der Waals surface area (Å²) in [4.78, 5) is 6.87. The zero-order valence-electron chi connectivity index (χ0n) is 21.6. The van der Waals surface area contributed by atoms with Crippen LogP contribution in [0.2, 0.25) is 0 Å². The molecule has 0 bridgehead atoms. The van der Waals surface area contributed by atoms with E-state index in [1.807, 2.05) is 54.5 Å². The smallest absolute Gasteiger partial charge is 0.435 e. The lowest BCUT2D eigenvalue weighted by atomic mass is 9.94. The van der Waals surface area contributed by atoms with Crippen LogP contribution in [-0.2, 0) is 10.9 Å². The zero-order chi connectivity index (χ0) is 26.9. The summed E-state index contributed by atoms with van der Waals surface area (Å²) in [6.07, 6.45) is -1.65. The first-order valence-corrected chi connectivity index (χ1v) is 11.7. The van der Waals surface area contributed by atoms with E-state index < -0.39 is 42.2 Å². The van der Waals surface area contributed by atoms with Crippen LogP contribution in [0.4, 0.5) is 13.2 Å². The number of hydrogen-bond donors (Lipinski definition) is 2. The molecule has 0 radical (unpaired) electrons. The lowest BCUT2D eigenvalue weighted by molar-refractivity contribution is -0.169. The highest BCUT2D eigenvalue weighted by atomic mass is 19.4. The summed E-state index contributed by atoms with van der Waals surface area (Å²) in [7, 11) is 0. The molecule has 2 heterocycles. The molecule has 4 atom stereocenters. The van der Waals surface area contributed by atoms with Gasteiger partial charge in [-0.25, -0.2) is 4.98 Å². The van der Waals surface area contributed by atoms with E-state index in [4.69, 9.17) is 9.47 Å². The predicted octanol–water partition coefficient (Wildman–Crippen LogP) is 5.91. The Balaban J connectivity index is 0.